The van der Waals surface area contributed by atoms with Crippen LogP contribution in [0.15, 0.2) is 24.3 Å². The van der Waals surface area contributed by atoms with Crippen LogP contribution in [0.3, 0.4) is 0 Å². The number of likely N-dealkylation sites (N-methyl/N-ethyl adjacent to an activating group) is 1. The second kappa shape index (κ2) is 9.12. The molecule has 1 aliphatic heterocycles. The van der Waals surface area contributed by atoms with Gasteiger partial charge in [-0.3, -0.25) is 9.69 Å². The standard InChI is InChI=1S/C7H11N3O.2C2H6/c1-5-9-6(8-2)4-7(11)10(5)3;2*1-2/h4,8-9H,1H2,2-3H3;2*1-2H3. The van der Waals surface area contributed by atoms with Gasteiger partial charge in [-0.2, -0.15) is 0 Å². The molecule has 4 nitrogen and oxygen atoms in total. The fourth-order valence-electron chi connectivity index (χ4n) is 0.763. The van der Waals surface area contributed by atoms with Gasteiger partial charge in [0.2, 0.25) is 0 Å². The minimum Gasteiger partial charge on any atom is -0.375 e. The van der Waals surface area contributed by atoms with Gasteiger partial charge in [0.15, 0.2) is 0 Å². The molecule has 4 heteroatoms. The number of nitrogens with one attached hydrogen (secondary N) is 2. The normalized spacial score (nSPS) is 13.7. The van der Waals surface area contributed by atoms with Crippen LogP contribution in [0.25, 0.3) is 0 Å². The molecule has 0 spiro atoms. The van der Waals surface area contributed by atoms with Crippen molar-refractivity contribution < 1.29 is 4.79 Å². The Morgan fingerprint density at radius 1 is 1.33 bits per heavy atom. The van der Waals surface area contributed by atoms with Crippen LogP contribution < -0.4 is 10.6 Å². The van der Waals surface area contributed by atoms with Gasteiger partial charge in [0, 0.05) is 20.2 Å². The van der Waals surface area contributed by atoms with Gasteiger partial charge in [-0.15, -0.1) is 0 Å². The SMILES string of the molecule is C=C1NC(NC)=CC(=O)N1C.CC.CC. The summed E-state index contributed by atoms with van der Waals surface area (Å²) in [5.41, 5.74) is 0. The van der Waals surface area contributed by atoms with Crippen LogP contribution in [0.4, 0.5) is 0 Å². The minimum atomic E-state index is -0.0712. The minimum absolute atomic E-state index is 0.0712. The van der Waals surface area contributed by atoms with Crippen LogP contribution in [0, 0.1) is 0 Å². The Labute approximate surface area is 93.0 Å². The fraction of sp³-hybridized carbons (Fsp3) is 0.545. The number of rotatable bonds is 1. The van der Waals surface area contributed by atoms with Gasteiger partial charge in [0.1, 0.15) is 11.6 Å². The molecule has 15 heavy (non-hydrogen) atoms. The van der Waals surface area contributed by atoms with E-state index in [0.717, 1.165) is 0 Å². The number of carbonyl (C=O) groups excluding carboxylic acids is 1. The summed E-state index contributed by atoms with van der Waals surface area (Å²) < 4.78 is 0. The predicted octanol–water partition coefficient (Wildman–Crippen LogP) is 1.63. The van der Waals surface area contributed by atoms with Crippen LogP contribution in [0.2, 0.25) is 0 Å². The fourth-order valence-corrected chi connectivity index (χ4v) is 0.763. The molecular formula is C11H23N3O. The zero-order valence-corrected chi connectivity index (χ0v) is 10.6. The van der Waals surface area contributed by atoms with Crippen LogP contribution in [-0.4, -0.2) is 24.9 Å². The first-order chi connectivity index (χ1) is 7.15. The van der Waals surface area contributed by atoms with Crippen molar-refractivity contribution in [3.8, 4) is 0 Å². The maximum Gasteiger partial charge on any atom is 0.255 e. The van der Waals surface area contributed by atoms with E-state index in [1.807, 2.05) is 27.7 Å². The second-order valence-corrected chi connectivity index (χ2v) is 2.28. The van der Waals surface area contributed by atoms with Gasteiger partial charge in [0.05, 0.1) is 0 Å². The highest BCUT2D eigenvalue weighted by Gasteiger charge is 2.16. The van der Waals surface area contributed by atoms with Gasteiger partial charge in [-0.1, -0.05) is 34.3 Å². The Morgan fingerprint density at radius 2 is 1.80 bits per heavy atom. The first kappa shape index (κ1) is 16.0. The zero-order valence-electron chi connectivity index (χ0n) is 10.6. The summed E-state index contributed by atoms with van der Waals surface area (Å²) >= 11 is 0. The topological polar surface area (TPSA) is 44.4 Å². The summed E-state index contributed by atoms with van der Waals surface area (Å²) in [7, 11) is 3.41. The Balaban J connectivity index is 0. The summed E-state index contributed by atoms with van der Waals surface area (Å²) in [6.45, 7) is 11.7. The number of nitrogens with zero attached hydrogens (tertiary/aromatic N) is 1. The molecule has 1 rings (SSSR count). The van der Waals surface area contributed by atoms with E-state index in [4.69, 9.17) is 0 Å². The third-order valence-electron chi connectivity index (χ3n) is 1.55. The average molecular weight is 213 g/mol. The van der Waals surface area contributed by atoms with Crippen molar-refractivity contribution in [3.05, 3.63) is 24.3 Å². The molecule has 1 heterocycles. The molecule has 88 valence electrons. The molecule has 1 aliphatic rings. The van der Waals surface area contributed by atoms with Gasteiger partial charge < -0.3 is 10.6 Å². The van der Waals surface area contributed by atoms with E-state index in [9.17, 15) is 4.79 Å². The molecule has 1 amide bonds. The van der Waals surface area contributed by atoms with Gasteiger partial charge in [0.25, 0.3) is 5.91 Å². The lowest BCUT2D eigenvalue weighted by Gasteiger charge is -2.25. The molecular weight excluding hydrogens is 190 g/mol. The first-order valence-corrected chi connectivity index (χ1v) is 5.28. The molecule has 0 aromatic rings. The quantitative estimate of drug-likeness (QED) is 0.696. The van der Waals surface area contributed by atoms with Gasteiger partial charge in [-0.05, 0) is 0 Å². The summed E-state index contributed by atoms with van der Waals surface area (Å²) in [6, 6.07) is 0. The van der Waals surface area contributed by atoms with Crippen molar-refractivity contribution in [3.63, 3.8) is 0 Å². The van der Waals surface area contributed by atoms with Crippen molar-refractivity contribution in [2.45, 2.75) is 27.7 Å². The van der Waals surface area contributed by atoms with Gasteiger partial charge in [-0.25, -0.2) is 0 Å². The van der Waals surface area contributed by atoms with Crippen LogP contribution in [-0.2, 0) is 4.79 Å². The van der Waals surface area contributed by atoms with E-state index in [2.05, 4.69) is 17.2 Å². The molecule has 0 radical (unpaired) electrons. The average Bonchev–Trinajstić information content (AvgIpc) is 2.30. The molecule has 0 fully saturated rings. The molecule has 0 saturated heterocycles. The second-order valence-electron chi connectivity index (χ2n) is 2.28. The Morgan fingerprint density at radius 3 is 2.13 bits per heavy atom. The maximum absolute atomic E-state index is 11.1. The lowest BCUT2D eigenvalue weighted by Crippen LogP contribution is -2.39. The molecule has 0 bridgehead atoms. The van der Waals surface area contributed by atoms with Gasteiger partial charge >= 0.3 is 0 Å². The monoisotopic (exact) mass is 213 g/mol. The smallest absolute Gasteiger partial charge is 0.255 e. The van der Waals surface area contributed by atoms with E-state index < -0.39 is 0 Å². The van der Waals surface area contributed by atoms with E-state index in [1.54, 1.807) is 14.1 Å². The van der Waals surface area contributed by atoms with Crippen LogP contribution >= 0.6 is 0 Å². The van der Waals surface area contributed by atoms with Crippen molar-refractivity contribution in [2.75, 3.05) is 14.1 Å². The lowest BCUT2D eigenvalue weighted by molar-refractivity contribution is -0.123. The molecule has 0 unspecified atom stereocenters. The highest BCUT2D eigenvalue weighted by molar-refractivity contribution is 5.90. The first-order valence-electron chi connectivity index (χ1n) is 5.28. The number of carbonyl (C=O) groups is 1. The summed E-state index contributed by atoms with van der Waals surface area (Å²) in [5.74, 6) is 1.19. The molecule has 0 aromatic heterocycles. The van der Waals surface area contributed by atoms with Crippen molar-refractivity contribution in [1.29, 1.82) is 0 Å². The van der Waals surface area contributed by atoms with Crippen molar-refractivity contribution in [2.24, 2.45) is 0 Å². The van der Waals surface area contributed by atoms with Crippen molar-refractivity contribution in [1.82, 2.24) is 15.5 Å². The molecule has 0 aliphatic carbocycles. The maximum atomic E-state index is 11.1. The Kier molecular flexibility index (Phi) is 9.73. The Bertz CT molecular complexity index is 234. The number of amides is 1. The predicted molar refractivity (Wildman–Crippen MR) is 64.9 cm³/mol. The molecule has 0 aromatic carbocycles. The highest BCUT2D eigenvalue weighted by Crippen LogP contribution is 2.04. The third kappa shape index (κ3) is 5.10. The number of hydrogen-bond acceptors (Lipinski definition) is 3. The largest absolute Gasteiger partial charge is 0.375 e. The zero-order chi connectivity index (χ0) is 12.4. The van der Waals surface area contributed by atoms with Crippen LogP contribution in [0.1, 0.15) is 27.7 Å². The van der Waals surface area contributed by atoms with E-state index >= 15 is 0 Å². The van der Waals surface area contributed by atoms with E-state index in [0.29, 0.717) is 11.6 Å². The Hall–Kier alpha value is -1.45. The summed E-state index contributed by atoms with van der Waals surface area (Å²) in [5, 5.41) is 5.73. The molecule has 2 N–H and O–H groups in total. The lowest BCUT2D eigenvalue weighted by atomic mass is 10.4. The van der Waals surface area contributed by atoms with Crippen molar-refractivity contribution >= 4 is 5.91 Å². The number of hydrogen-bond donors (Lipinski definition) is 2. The third-order valence-corrected chi connectivity index (χ3v) is 1.55. The summed E-state index contributed by atoms with van der Waals surface area (Å²) in [6.07, 6.45) is 1.48. The van der Waals surface area contributed by atoms with E-state index in [-0.39, 0.29) is 5.91 Å². The highest BCUT2D eigenvalue weighted by atomic mass is 16.2. The molecule has 0 saturated carbocycles. The van der Waals surface area contributed by atoms with Crippen LogP contribution in [0.5, 0.6) is 0 Å². The van der Waals surface area contributed by atoms with E-state index in [1.165, 1.54) is 11.0 Å². The molecule has 0 atom stereocenters. The summed E-state index contributed by atoms with van der Waals surface area (Å²) in [4.78, 5) is 12.5.